The molecule has 0 bridgehead atoms. The Hall–Kier alpha value is -1.10. The minimum Gasteiger partial charge on any atom is -0.356 e. The van der Waals surface area contributed by atoms with Crippen molar-refractivity contribution >= 4 is 12.3 Å². The molecule has 0 aliphatic carbocycles. The Bertz CT molecular complexity index is 231. The second-order valence-electron chi connectivity index (χ2n) is 4.17. The first-order chi connectivity index (χ1) is 7.13. The van der Waals surface area contributed by atoms with E-state index in [4.69, 9.17) is 0 Å². The molecule has 1 aliphatic heterocycles. The van der Waals surface area contributed by atoms with E-state index in [9.17, 15) is 9.59 Å². The number of nitrogens with one attached hydrogen (secondary N) is 3. The molecule has 0 radical (unpaired) electrons. The molecule has 0 aromatic rings. The highest BCUT2D eigenvalue weighted by Crippen LogP contribution is 2.15. The largest absolute Gasteiger partial charge is 0.356 e. The summed E-state index contributed by atoms with van der Waals surface area (Å²) >= 11 is 0. The fraction of sp³-hybridized carbons (Fsp3) is 0.800. The first-order valence-electron chi connectivity index (χ1n) is 5.37. The van der Waals surface area contributed by atoms with Crippen LogP contribution in [0.2, 0.25) is 0 Å². The number of rotatable bonds is 6. The van der Waals surface area contributed by atoms with E-state index in [1.807, 2.05) is 13.8 Å². The predicted octanol–water partition coefficient (Wildman–Crippen LogP) is -0.417. The smallest absolute Gasteiger partial charge is 0.223 e. The SMILES string of the molecule is CC(C)NC(CC1CCNC1=O)NC=O. The van der Waals surface area contributed by atoms with Gasteiger partial charge >= 0.3 is 0 Å². The van der Waals surface area contributed by atoms with E-state index in [0.29, 0.717) is 12.8 Å². The van der Waals surface area contributed by atoms with Gasteiger partial charge in [0.15, 0.2) is 0 Å². The Kier molecular flexibility index (Phi) is 4.55. The number of hydrogen-bond donors (Lipinski definition) is 3. The zero-order valence-corrected chi connectivity index (χ0v) is 9.25. The van der Waals surface area contributed by atoms with Crippen LogP contribution in [-0.4, -0.2) is 31.1 Å². The number of carbonyl (C=O) groups is 2. The van der Waals surface area contributed by atoms with E-state index in [2.05, 4.69) is 16.0 Å². The third-order valence-corrected chi connectivity index (χ3v) is 2.49. The lowest BCUT2D eigenvalue weighted by Crippen LogP contribution is -2.46. The van der Waals surface area contributed by atoms with Gasteiger partial charge in [-0.1, -0.05) is 0 Å². The topological polar surface area (TPSA) is 70.2 Å². The van der Waals surface area contributed by atoms with Crippen LogP contribution in [0.25, 0.3) is 0 Å². The Morgan fingerprint density at radius 1 is 1.60 bits per heavy atom. The predicted molar refractivity (Wildman–Crippen MR) is 57.0 cm³/mol. The Morgan fingerprint density at radius 3 is 2.80 bits per heavy atom. The molecule has 1 rings (SSSR count). The minimum absolute atomic E-state index is 0.0219. The maximum Gasteiger partial charge on any atom is 0.223 e. The van der Waals surface area contributed by atoms with Crippen LogP contribution < -0.4 is 16.0 Å². The Labute approximate surface area is 90.0 Å². The lowest BCUT2D eigenvalue weighted by atomic mass is 10.0. The van der Waals surface area contributed by atoms with Crippen molar-refractivity contribution in [2.45, 2.75) is 38.9 Å². The summed E-state index contributed by atoms with van der Waals surface area (Å²) < 4.78 is 0. The molecule has 15 heavy (non-hydrogen) atoms. The van der Waals surface area contributed by atoms with Crippen LogP contribution in [0.15, 0.2) is 0 Å². The van der Waals surface area contributed by atoms with Gasteiger partial charge in [-0.15, -0.1) is 0 Å². The lowest BCUT2D eigenvalue weighted by Gasteiger charge is -2.22. The third-order valence-electron chi connectivity index (χ3n) is 2.49. The molecule has 2 amide bonds. The fourth-order valence-electron chi connectivity index (χ4n) is 1.82. The molecule has 0 aromatic heterocycles. The zero-order chi connectivity index (χ0) is 11.3. The minimum atomic E-state index is -0.114. The van der Waals surface area contributed by atoms with Gasteiger partial charge in [-0.2, -0.15) is 0 Å². The number of carbonyl (C=O) groups excluding carboxylic acids is 2. The average molecular weight is 213 g/mol. The van der Waals surface area contributed by atoms with Crippen LogP contribution in [0.3, 0.4) is 0 Å². The van der Waals surface area contributed by atoms with Crippen LogP contribution >= 0.6 is 0 Å². The average Bonchev–Trinajstić information content (AvgIpc) is 2.51. The van der Waals surface area contributed by atoms with Crippen LogP contribution in [0.5, 0.6) is 0 Å². The summed E-state index contributed by atoms with van der Waals surface area (Å²) in [6.07, 6.45) is 2.07. The van der Waals surface area contributed by atoms with Crippen LogP contribution in [0, 0.1) is 5.92 Å². The monoisotopic (exact) mass is 213 g/mol. The summed E-state index contributed by atoms with van der Waals surface area (Å²) in [4.78, 5) is 21.7. The van der Waals surface area contributed by atoms with Gasteiger partial charge in [0, 0.05) is 18.5 Å². The molecule has 2 unspecified atom stereocenters. The highest BCUT2D eigenvalue weighted by molar-refractivity contribution is 5.80. The van der Waals surface area contributed by atoms with Crippen LogP contribution in [-0.2, 0) is 9.59 Å². The third kappa shape index (κ3) is 3.87. The van der Waals surface area contributed by atoms with E-state index in [1.165, 1.54) is 0 Å². The van der Waals surface area contributed by atoms with Crippen LogP contribution in [0.1, 0.15) is 26.7 Å². The molecule has 1 heterocycles. The molecule has 1 saturated heterocycles. The zero-order valence-electron chi connectivity index (χ0n) is 9.25. The van der Waals surface area contributed by atoms with Gasteiger partial charge < -0.3 is 10.6 Å². The van der Waals surface area contributed by atoms with Gasteiger partial charge in [-0.3, -0.25) is 14.9 Å². The van der Waals surface area contributed by atoms with Gasteiger partial charge in [0.25, 0.3) is 0 Å². The first-order valence-corrected chi connectivity index (χ1v) is 5.37. The van der Waals surface area contributed by atoms with Crippen molar-refractivity contribution < 1.29 is 9.59 Å². The maximum atomic E-state index is 11.3. The highest BCUT2D eigenvalue weighted by atomic mass is 16.2. The number of hydrogen-bond acceptors (Lipinski definition) is 3. The summed E-state index contributed by atoms with van der Waals surface area (Å²) in [7, 11) is 0. The standard InChI is InChI=1S/C10H19N3O2/c1-7(2)13-9(12-6-14)5-8-3-4-11-10(8)15/h6-9,13H,3-5H2,1-2H3,(H,11,15)(H,12,14). The lowest BCUT2D eigenvalue weighted by molar-refractivity contribution is -0.123. The summed E-state index contributed by atoms with van der Waals surface area (Å²) in [5.74, 6) is 0.118. The van der Waals surface area contributed by atoms with E-state index in [-0.39, 0.29) is 24.0 Å². The summed E-state index contributed by atoms with van der Waals surface area (Å²) in [5, 5.41) is 8.68. The van der Waals surface area contributed by atoms with Crippen molar-refractivity contribution in [3.8, 4) is 0 Å². The molecular formula is C10H19N3O2. The highest BCUT2D eigenvalue weighted by Gasteiger charge is 2.27. The second kappa shape index (κ2) is 5.70. The first kappa shape index (κ1) is 12.0. The molecule has 2 atom stereocenters. The van der Waals surface area contributed by atoms with Crippen molar-refractivity contribution in [1.29, 1.82) is 0 Å². The molecule has 5 heteroatoms. The fourth-order valence-corrected chi connectivity index (χ4v) is 1.82. The molecule has 0 aromatic carbocycles. The van der Waals surface area contributed by atoms with E-state index in [1.54, 1.807) is 0 Å². The summed E-state index contributed by atoms with van der Waals surface area (Å²) in [6, 6.07) is 0.284. The molecule has 0 spiro atoms. The van der Waals surface area contributed by atoms with Crippen molar-refractivity contribution in [1.82, 2.24) is 16.0 Å². The van der Waals surface area contributed by atoms with E-state index >= 15 is 0 Å². The molecular weight excluding hydrogens is 194 g/mol. The molecule has 3 N–H and O–H groups in total. The van der Waals surface area contributed by atoms with Crippen molar-refractivity contribution in [2.75, 3.05) is 6.54 Å². The molecule has 5 nitrogen and oxygen atoms in total. The quantitative estimate of drug-likeness (QED) is 0.415. The van der Waals surface area contributed by atoms with Gasteiger partial charge in [-0.05, 0) is 26.7 Å². The summed E-state index contributed by atoms with van der Waals surface area (Å²) in [6.45, 7) is 4.77. The van der Waals surface area contributed by atoms with Gasteiger partial charge in [0.2, 0.25) is 12.3 Å². The number of amides is 2. The second-order valence-corrected chi connectivity index (χ2v) is 4.17. The maximum absolute atomic E-state index is 11.3. The Morgan fingerprint density at radius 2 is 2.33 bits per heavy atom. The van der Waals surface area contributed by atoms with Gasteiger partial charge in [0.1, 0.15) is 0 Å². The van der Waals surface area contributed by atoms with E-state index < -0.39 is 0 Å². The molecule has 0 saturated carbocycles. The van der Waals surface area contributed by atoms with Crippen molar-refractivity contribution in [3.63, 3.8) is 0 Å². The van der Waals surface area contributed by atoms with Gasteiger partial charge in [-0.25, -0.2) is 0 Å². The normalized spacial score (nSPS) is 22.6. The van der Waals surface area contributed by atoms with Gasteiger partial charge in [0.05, 0.1) is 6.17 Å². The Balaban J connectivity index is 2.42. The molecule has 1 fully saturated rings. The van der Waals surface area contributed by atoms with Crippen molar-refractivity contribution in [3.05, 3.63) is 0 Å². The van der Waals surface area contributed by atoms with E-state index in [0.717, 1.165) is 13.0 Å². The van der Waals surface area contributed by atoms with Crippen molar-refractivity contribution in [2.24, 2.45) is 5.92 Å². The summed E-state index contributed by atoms with van der Waals surface area (Å²) in [5.41, 5.74) is 0. The molecule has 1 aliphatic rings. The van der Waals surface area contributed by atoms with Crippen LogP contribution in [0.4, 0.5) is 0 Å². The molecule has 86 valence electrons.